The first-order valence-corrected chi connectivity index (χ1v) is 6.10. The summed E-state index contributed by atoms with van der Waals surface area (Å²) in [7, 11) is 3.22. The fourth-order valence-electron chi connectivity index (χ4n) is 2.12. The standard InChI is InChI=1S/C16H18O3/c1-16(17,12-8-10-13(18-2)11-9-12)14-6-4-5-7-15(14)19-3/h4-11,17H,1-3H3. The van der Waals surface area contributed by atoms with E-state index in [-0.39, 0.29) is 0 Å². The molecule has 3 heteroatoms. The fraction of sp³-hybridized carbons (Fsp3) is 0.250. The summed E-state index contributed by atoms with van der Waals surface area (Å²) in [6, 6.07) is 14.8. The van der Waals surface area contributed by atoms with Gasteiger partial charge in [0.2, 0.25) is 0 Å². The Bertz CT molecular complexity index is 544. The van der Waals surface area contributed by atoms with Gasteiger partial charge in [0.25, 0.3) is 0 Å². The summed E-state index contributed by atoms with van der Waals surface area (Å²) < 4.78 is 10.4. The van der Waals surface area contributed by atoms with Gasteiger partial charge in [-0.05, 0) is 30.7 Å². The van der Waals surface area contributed by atoms with Crippen molar-refractivity contribution >= 4 is 0 Å². The summed E-state index contributed by atoms with van der Waals surface area (Å²) in [5.41, 5.74) is 0.416. The van der Waals surface area contributed by atoms with Gasteiger partial charge in [-0.25, -0.2) is 0 Å². The lowest BCUT2D eigenvalue weighted by molar-refractivity contribution is 0.0989. The van der Waals surface area contributed by atoms with Crippen LogP contribution < -0.4 is 9.47 Å². The second kappa shape index (κ2) is 5.33. The minimum absolute atomic E-state index is 0.670. The van der Waals surface area contributed by atoms with Crippen molar-refractivity contribution in [1.82, 2.24) is 0 Å². The molecule has 0 aliphatic carbocycles. The van der Waals surface area contributed by atoms with Crippen molar-refractivity contribution in [1.29, 1.82) is 0 Å². The van der Waals surface area contributed by atoms with Gasteiger partial charge in [0.05, 0.1) is 14.2 Å². The molecule has 1 unspecified atom stereocenters. The molecule has 19 heavy (non-hydrogen) atoms. The lowest BCUT2D eigenvalue weighted by atomic mass is 9.87. The summed E-state index contributed by atoms with van der Waals surface area (Å²) in [5, 5.41) is 10.8. The predicted molar refractivity (Wildman–Crippen MR) is 74.7 cm³/mol. The molecule has 100 valence electrons. The number of aliphatic hydroxyl groups is 1. The maximum Gasteiger partial charge on any atom is 0.125 e. The van der Waals surface area contributed by atoms with Gasteiger partial charge in [0.15, 0.2) is 0 Å². The van der Waals surface area contributed by atoms with E-state index >= 15 is 0 Å². The molecule has 0 spiro atoms. The Labute approximate surface area is 113 Å². The van der Waals surface area contributed by atoms with Gasteiger partial charge in [0, 0.05) is 5.56 Å². The largest absolute Gasteiger partial charge is 0.497 e. The molecule has 0 heterocycles. The zero-order valence-corrected chi connectivity index (χ0v) is 11.4. The minimum atomic E-state index is -1.11. The molecule has 2 aromatic rings. The molecule has 0 aromatic heterocycles. The molecule has 0 saturated carbocycles. The predicted octanol–water partition coefficient (Wildman–Crippen LogP) is 2.96. The lowest BCUT2D eigenvalue weighted by Crippen LogP contribution is -2.23. The number of rotatable bonds is 4. The number of ether oxygens (including phenoxy) is 2. The average Bonchev–Trinajstić information content (AvgIpc) is 2.47. The van der Waals surface area contributed by atoms with Crippen LogP contribution in [0.15, 0.2) is 48.5 Å². The molecule has 0 aliphatic rings. The third-order valence-corrected chi connectivity index (χ3v) is 3.28. The molecule has 0 amide bonds. The van der Waals surface area contributed by atoms with E-state index in [9.17, 15) is 5.11 Å². The van der Waals surface area contributed by atoms with Crippen LogP contribution in [0.3, 0.4) is 0 Å². The van der Waals surface area contributed by atoms with Crippen LogP contribution in [-0.4, -0.2) is 19.3 Å². The van der Waals surface area contributed by atoms with Crippen LogP contribution in [0.25, 0.3) is 0 Å². The quantitative estimate of drug-likeness (QED) is 0.916. The van der Waals surface area contributed by atoms with Gasteiger partial charge in [-0.1, -0.05) is 30.3 Å². The second-order valence-corrected chi connectivity index (χ2v) is 4.50. The number of para-hydroxylation sites is 1. The van der Waals surface area contributed by atoms with E-state index in [1.54, 1.807) is 21.1 Å². The van der Waals surface area contributed by atoms with Crippen LogP contribution in [0, 0.1) is 0 Å². The Kier molecular flexibility index (Phi) is 3.76. The molecular weight excluding hydrogens is 240 g/mol. The van der Waals surface area contributed by atoms with Gasteiger partial charge < -0.3 is 14.6 Å². The van der Waals surface area contributed by atoms with E-state index < -0.39 is 5.60 Å². The van der Waals surface area contributed by atoms with Crippen molar-refractivity contribution < 1.29 is 14.6 Å². The topological polar surface area (TPSA) is 38.7 Å². The monoisotopic (exact) mass is 258 g/mol. The Hall–Kier alpha value is -2.00. The molecule has 0 fully saturated rings. The van der Waals surface area contributed by atoms with Crippen LogP contribution in [0.1, 0.15) is 18.1 Å². The number of benzene rings is 2. The van der Waals surface area contributed by atoms with E-state index in [1.807, 2.05) is 48.5 Å². The summed E-state index contributed by atoms with van der Waals surface area (Å²) in [6.07, 6.45) is 0. The van der Waals surface area contributed by atoms with Gasteiger partial charge in [-0.15, -0.1) is 0 Å². The number of hydrogen-bond donors (Lipinski definition) is 1. The molecule has 0 bridgehead atoms. The van der Waals surface area contributed by atoms with Crippen LogP contribution in [0.4, 0.5) is 0 Å². The minimum Gasteiger partial charge on any atom is -0.497 e. The SMILES string of the molecule is COc1ccc(C(C)(O)c2ccccc2OC)cc1. The van der Waals surface area contributed by atoms with E-state index in [2.05, 4.69) is 0 Å². The highest BCUT2D eigenvalue weighted by molar-refractivity contribution is 5.45. The highest BCUT2D eigenvalue weighted by atomic mass is 16.5. The molecule has 2 aromatic carbocycles. The second-order valence-electron chi connectivity index (χ2n) is 4.50. The van der Waals surface area contributed by atoms with Crippen LogP contribution in [0.5, 0.6) is 11.5 Å². The molecule has 1 N–H and O–H groups in total. The van der Waals surface area contributed by atoms with Gasteiger partial charge >= 0.3 is 0 Å². The van der Waals surface area contributed by atoms with Gasteiger partial charge in [-0.3, -0.25) is 0 Å². The Morgan fingerprint density at radius 2 is 1.53 bits per heavy atom. The molecule has 0 radical (unpaired) electrons. The number of methoxy groups -OCH3 is 2. The zero-order chi connectivity index (χ0) is 13.9. The van der Waals surface area contributed by atoms with Gasteiger partial charge in [0.1, 0.15) is 17.1 Å². The van der Waals surface area contributed by atoms with Crippen LogP contribution in [-0.2, 0) is 5.60 Å². The maximum atomic E-state index is 10.8. The van der Waals surface area contributed by atoms with E-state index in [0.717, 1.165) is 16.9 Å². The summed E-state index contributed by atoms with van der Waals surface area (Å²) in [5.74, 6) is 1.43. The molecule has 1 atom stereocenters. The van der Waals surface area contributed by atoms with E-state index in [0.29, 0.717) is 5.75 Å². The van der Waals surface area contributed by atoms with E-state index in [1.165, 1.54) is 0 Å². The Morgan fingerprint density at radius 3 is 2.11 bits per heavy atom. The lowest BCUT2D eigenvalue weighted by Gasteiger charge is -2.26. The van der Waals surface area contributed by atoms with Crippen molar-refractivity contribution in [3.05, 3.63) is 59.7 Å². The van der Waals surface area contributed by atoms with E-state index in [4.69, 9.17) is 9.47 Å². The smallest absolute Gasteiger partial charge is 0.125 e. The van der Waals surface area contributed by atoms with Crippen molar-refractivity contribution in [3.63, 3.8) is 0 Å². The first-order chi connectivity index (χ1) is 9.09. The van der Waals surface area contributed by atoms with Crippen molar-refractivity contribution in [2.24, 2.45) is 0 Å². The zero-order valence-electron chi connectivity index (χ0n) is 11.4. The maximum absolute atomic E-state index is 10.8. The Balaban J connectivity index is 2.45. The van der Waals surface area contributed by atoms with Crippen molar-refractivity contribution in [2.75, 3.05) is 14.2 Å². The normalized spacial score (nSPS) is 13.7. The fourth-order valence-corrected chi connectivity index (χ4v) is 2.12. The van der Waals surface area contributed by atoms with Gasteiger partial charge in [-0.2, -0.15) is 0 Å². The first-order valence-electron chi connectivity index (χ1n) is 6.10. The average molecular weight is 258 g/mol. The Morgan fingerprint density at radius 1 is 0.895 bits per heavy atom. The summed E-state index contributed by atoms with van der Waals surface area (Å²) in [4.78, 5) is 0. The number of hydrogen-bond acceptors (Lipinski definition) is 3. The van der Waals surface area contributed by atoms with Crippen molar-refractivity contribution in [2.45, 2.75) is 12.5 Å². The molecule has 0 saturated heterocycles. The van der Waals surface area contributed by atoms with Crippen molar-refractivity contribution in [3.8, 4) is 11.5 Å². The summed E-state index contributed by atoms with van der Waals surface area (Å²) >= 11 is 0. The molecule has 2 rings (SSSR count). The highest BCUT2D eigenvalue weighted by Crippen LogP contribution is 2.35. The molecule has 3 nitrogen and oxygen atoms in total. The molecule has 0 aliphatic heterocycles. The molecular formula is C16H18O3. The third kappa shape index (κ3) is 2.56. The summed E-state index contributed by atoms with van der Waals surface area (Å²) in [6.45, 7) is 1.76. The van der Waals surface area contributed by atoms with Crippen LogP contribution >= 0.6 is 0 Å². The van der Waals surface area contributed by atoms with Crippen LogP contribution in [0.2, 0.25) is 0 Å². The highest BCUT2D eigenvalue weighted by Gasteiger charge is 2.28. The third-order valence-electron chi connectivity index (χ3n) is 3.28. The first kappa shape index (κ1) is 13.4.